The first-order valence-electron chi connectivity index (χ1n) is 34.2. The molecule has 3 aliphatic heterocycles. The summed E-state index contributed by atoms with van der Waals surface area (Å²) in [5, 5.41) is 119. The maximum absolute atomic E-state index is 13.9. The number of ether oxygens (including phenoxy) is 6. The Morgan fingerprint density at radius 2 is 0.915 bits per heavy atom. The van der Waals surface area contributed by atoms with Gasteiger partial charge in [0.05, 0.1) is 84.1 Å². The first-order chi connectivity index (χ1) is 50.3. The number of phenolic OH excluding ortho intramolecular Hbond substituents is 4. The largest absolute Gasteiger partial charge is 0.507 e. The number of phenols is 4. The van der Waals surface area contributed by atoms with Crippen molar-refractivity contribution in [1.29, 1.82) is 0 Å². The van der Waals surface area contributed by atoms with Gasteiger partial charge in [-0.15, -0.1) is 5.06 Å². The quantitative estimate of drug-likeness (QED) is 0.0234. The van der Waals surface area contributed by atoms with E-state index in [-0.39, 0.29) is 132 Å². The van der Waals surface area contributed by atoms with Crippen LogP contribution in [-0.4, -0.2) is 228 Å². The SMILES string of the molecule is CN.CNC(=O)CCCCC(=O)NC1CC(O[C@H]2C[C@](O)(C(=O)CO)Cc3c(O)c4c(c(O)c32)C(=O)c2c(OC)cccc2C4=O)OC(C)C1O.COc1cccc2c1C(=O)c1c(O)c3c(c(O)c1C2=O)C[C@@](O)(C(=O)CO)C[C@@H]3OC1CC(NC(=O)CCCCC(=O)ON2C(=O)CCC2=O)C(O)C(C)O1. The summed E-state index contributed by atoms with van der Waals surface area (Å²) in [5.74, 6) is -11.3. The van der Waals surface area contributed by atoms with E-state index in [1.165, 1.54) is 78.6 Å². The first-order valence-corrected chi connectivity index (χ1v) is 34.2. The number of ketones is 6. The Balaban J connectivity index is 0.000000241. The topological polar surface area (TPSA) is 537 Å². The van der Waals surface area contributed by atoms with Crippen molar-refractivity contribution in [3.8, 4) is 34.5 Å². The summed E-state index contributed by atoms with van der Waals surface area (Å²) >= 11 is 0. The third-order valence-corrected chi connectivity index (χ3v) is 19.8. The van der Waals surface area contributed by atoms with Gasteiger partial charge >= 0.3 is 5.97 Å². The van der Waals surface area contributed by atoms with Crippen LogP contribution in [0.1, 0.15) is 202 Å². The zero-order chi connectivity index (χ0) is 77.7. The smallest absolute Gasteiger partial charge is 0.333 e. The molecule has 5 amide bonds. The summed E-state index contributed by atoms with van der Waals surface area (Å²) in [7, 11) is 5.62. The fourth-order valence-corrected chi connectivity index (χ4v) is 14.3. The molecule has 15 N–H and O–H groups in total. The Morgan fingerprint density at radius 3 is 1.28 bits per heavy atom. The number of amides is 5. The molecule has 0 bridgehead atoms. The van der Waals surface area contributed by atoms with Gasteiger partial charge in [-0.05, 0) is 58.7 Å². The molecule has 3 fully saturated rings. The summed E-state index contributed by atoms with van der Waals surface area (Å²) in [6, 6.07) is 6.74. The number of unbranched alkanes of at least 4 members (excludes halogenated alkanes) is 2. The summed E-state index contributed by atoms with van der Waals surface area (Å²) in [6.45, 7) is 0.867. The fourth-order valence-electron chi connectivity index (χ4n) is 14.3. The van der Waals surface area contributed by atoms with Gasteiger partial charge in [0, 0.05) is 117 Å². The normalized spacial score (nSPS) is 25.5. The highest BCUT2D eigenvalue weighted by molar-refractivity contribution is 6.32. The van der Waals surface area contributed by atoms with Crippen molar-refractivity contribution >= 4 is 70.2 Å². The molecule has 0 saturated carbocycles. The number of nitrogens with two attached hydrogens (primary N) is 1. The van der Waals surface area contributed by atoms with E-state index < -0.39 is 215 Å². The summed E-state index contributed by atoms with van der Waals surface area (Å²) in [4.78, 5) is 158. The van der Waals surface area contributed by atoms with Gasteiger partial charge in [0.1, 0.15) is 71.1 Å². The molecule has 0 radical (unpaired) electrons. The van der Waals surface area contributed by atoms with Crippen molar-refractivity contribution in [2.45, 2.75) is 189 Å². The maximum Gasteiger partial charge on any atom is 0.333 e. The molecule has 3 saturated heterocycles. The molecule has 34 heteroatoms. The molecule has 4 aromatic carbocycles. The third-order valence-electron chi connectivity index (χ3n) is 19.8. The second-order valence-corrected chi connectivity index (χ2v) is 26.5. The van der Waals surface area contributed by atoms with Gasteiger partial charge in [0.2, 0.25) is 29.3 Å². The van der Waals surface area contributed by atoms with E-state index in [2.05, 4.69) is 21.7 Å². The van der Waals surface area contributed by atoms with Crippen molar-refractivity contribution < 1.29 is 142 Å². The highest BCUT2D eigenvalue weighted by atomic mass is 16.7. The number of hydrogen-bond donors (Lipinski definition) is 14. The van der Waals surface area contributed by atoms with Gasteiger partial charge < -0.3 is 106 Å². The second-order valence-electron chi connectivity index (χ2n) is 26.5. The van der Waals surface area contributed by atoms with Crippen LogP contribution in [0.15, 0.2) is 36.4 Å². The molecule has 0 aromatic heterocycles. The molecule has 572 valence electrons. The lowest BCUT2D eigenvalue weighted by Crippen LogP contribution is -2.55. The van der Waals surface area contributed by atoms with Crippen LogP contribution >= 0.6 is 0 Å². The number of rotatable bonds is 23. The number of hydroxylamine groups is 2. The number of carbonyl (C=O) groups is 12. The Hall–Kier alpha value is -9.72. The van der Waals surface area contributed by atoms with Crippen molar-refractivity contribution in [2.24, 2.45) is 5.73 Å². The van der Waals surface area contributed by atoms with Crippen LogP contribution in [-0.2, 0) is 75.0 Å². The van der Waals surface area contributed by atoms with E-state index in [9.17, 15) is 109 Å². The van der Waals surface area contributed by atoms with E-state index in [1.807, 2.05) is 0 Å². The van der Waals surface area contributed by atoms with Gasteiger partial charge in [-0.1, -0.05) is 24.3 Å². The number of methoxy groups -OCH3 is 2. The number of imide groups is 1. The minimum atomic E-state index is -2.37. The molecule has 8 unspecified atom stereocenters. The Labute approximate surface area is 604 Å². The Morgan fingerprint density at radius 1 is 0.547 bits per heavy atom. The van der Waals surface area contributed by atoms with E-state index in [1.54, 1.807) is 0 Å². The van der Waals surface area contributed by atoms with Crippen LogP contribution in [0.4, 0.5) is 0 Å². The highest BCUT2D eigenvalue weighted by Crippen LogP contribution is 2.55. The first kappa shape index (κ1) is 80.4. The van der Waals surface area contributed by atoms with Gasteiger partial charge in [0.25, 0.3) is 11.8 Å². The average Bonchev–Trinajstić information content (AvgIpc) is 0.767. The van der Waals surface area contributed by atoms with E-state index in [4.69, 9.17) is 33.3 Å². The van der Waals surface area contributed by atoms with Gasteiger partial charge in [0.15, 0.2) is 35.7 Å². The molecule has 34 nitrogen and oxygen atoms in total. The molecule has 12 atom stereocenters. The van der Waals surface area contributed by atoms with Crippen LogP contribution in [0, 0.1) is 0 Å². The monoisotopic (exact) mass is 1480 g/mol. The van der Waals surface area contributed by atoms with Crippen molar-refractivity contribution in [1.82, 2.24) is 21.0 Å². The molecular formula is C72H85N5O29. The van der Waals surface area contributed by atoms with Crippen molar-refractivity contribution in [3.05, 3.63) is 103 Å². The zero-order valence-corrected chi connectivity index (χ0v) is 58.7. The van der Waals surface area contributed by atoms with E-state index in [0.29, 0.717) is 17.9 Å². The predicted octanol–water partition coefficient (Wildman–Crippen LogP) is 0.367. The Bertz CT molecular complexity index is 4180. The predicted molar refractivity (Wildman–Crippen MR) is 360 cm³/mol. The fraction of sp³-hybridized carbons (Fsp3) is 0.500. The minimum Gasteiger partial charge on any atom is -0.507 e. The lowest BCUT2D eigenvalue weighted by Gasteiger charge is -2.43. The van der Waals surface area contributed by atoms with E-state index >= 15 is 0 Å². The number of carbonyl (C=O) groups excluding carboxylic acids is 12. The van der Waals surface area contributed by atoms with Crippen molar-refractivity contribution in [3.63, 3.8) is 0 Å². The molecule has 4 aromatic rings. The maximum atomic E-state index is 13.9. The lowest BCUT2D eigenvalue weighted by atomic mass is 9.72. The lowest BCUT2D eigenvalue weighted by molar-refractivity contribution is -0.249. The number of Topliss-reactive ketones (excluding diaryl/α,β-unsaturated/α-hetero) is 2. The molecule has 106 heavy (non-hydrogen) atoms. The second kappa shape index (κ2) is 33.4. The number of aliphatic hydroxyl groups excluding tert-OH is 4. The Kier molecular flexibility index (Phi) is 25.3. The zero-order valence-electron chi connectivity index (χ0n) is 58.7. The third kappa shape index (κ3) is 15.9. The number of aliphatic hydroxyl groups is 6. The minimum absolute atomic E-state index is 0.0421. The number of nitrogens with zero attached hydrogens (tertiary/aromatic N) is 1. The van der Waals surface area contributed by atoms with Crippen LogP contribution in [0.3, 0.4) is 0 Å². The molecule has 4 aliphatic carbocycles. The van der Waals surface area contributed by atoms with E-state index in [0.717, 1.165) is 0 Å². The van der Waals surface area contributed by atoms with Crippen molar-refractivity contribution in [2.75, 3.05) is 41.5 Å². The number of hydrogen-bond acceptors (Lipinski definition) is 30. The molecule has 11 rings (SSSR count). The van der Waals surface area contributed by atoms with Crippen LogP contribution in [0.2, 0.25) is 0 Å². The highest BCUT2D eigenvalue weighted by Gasteiger charge is 2.53. The molecular weight excluding hydrogens is 1400 g/mol. The van der Waals surface area contributed by atoms with Gasteiger partial charge in [-0.2, -0.15) is 0 Å². The summed E-state index contributed by atoms with van der Waals surface area (Å²) in [6.07, 6.45) is -11.1. The molecule has 3 heterocycles. The number of aromatic hydroxyl groups is 4. The number of nitrogens with one attached hydrogen (secondary N) is 3. The van der Waals surface area contributed by atoms with Gasteiger partial charge in [-0.25, -0.2) is 4.79 Å². The van der Waals surface area contributed by atoms with Crippen LogP contribution < -0.4 is 31.2 Å². The number of fused-ring (bicyclic) bond motifs is 6. The number of benzene rings is 4. The van der Waals surface area contributed by atoms with Gasteiger partial charge in [-0.3, -0.25) is 52.7 Å². The van der Waals surface area contributed by atoms with Crippen LogP contribution in [0.25, 0.3) is 0 Å². The van der Waals surface area contributed by atoms with Crippen LogP contribution in [0.5, 0.6) is 34.5 Å². The molecule has 0 spiro atoms. The summed E-state index contributed by atoms with van der Waals surface area (Å²) in [5.41, 5.74) is -3.70. The molecule has 7 aliphatic rings. The standard InChI is InChI=1S/C37H40N2O16.C34H40N2O13.CH5N/c1-16-32(46)19(38-23(42)8-3-4-9-26(45)55-39-24(43)10-11-25(39)44)12-27(53-16)54-21-14-37(51,22(41)15-40)13-18-29(21)36(50)31-30(34(18)48)33(47)17-6-5-7-20(52-2)28(17)35(31)49;1-15-29(41)18(36-23(40)10-5-4-9-22(39)35-2)11-24(48-15)49-20-13-34(46,21(38)14-37)12-17-26(20)33(45)28-27(31(17)43)30(42)16-7-6-8-19(47-3)25(16)32(28)44;1-2/h5-7,16,19,21,27,32,40,46,48,50-51H,3-4,8-15H2,1-2H3,(H,38,42);6-8,15,18,20,24,29,37,41,43,45-46H,4-5,9-14H2,1-3H3,(H,35,39)(H,36,40);2H2,1H3/t16?,19?,21-,27?,32?,37-;15?,18?,20-,24?,29?,34-;/m00./s1. The summed E-state index contributed by atoms with van der Waals surface area (Å²) < 4.78 is 34.7. The average molecular weight is 1480 g/mol.